The third-order valence-electron chi connectivity index (χ3n) is 3.37. The maximum Gasteiger partial charge on any atom is 0.315 e. The summed E-state index contributed by atoms with van der Waals surface area (Å²) in [5, 5.41) is 13.9. The van der Waals surface area contributed by atoms with E-state index >= 15 is 0 Å². The summed E-state index contributed by atoms with van der Waals surface area (Å²) in [7, 11) is 0. The zero-order valence-corrected chi connectivity index (χ0v) is 12.8. The number of carboxylic acid groups (broad SMARTS) is 1. The molecule has 0 aliphatic carbocycles. The van der Waals surface area contributed by atoms with Crippen molar-refractivity contribution in [2.45, 2.75) is 45.1 Å². The first-order valence-corrected chi connectivity index (χ1v) is 7.13. The fraction of sp³-hybridized carbons (Fsp3) is 0.500. The molecule has 2 amide bonds. The molecule has 1 unspecified atom stereocenters. The van der Waals surface area contributed by atoms with Gasteiger partial charge in [0, 0.05) is 12.6 Å². The molecule has 3 N–H and O–H groups in total. The second-order valence-corrected chi connectivity index (χ2v) is 5.90. The number of carbonyl (C=O) groups is 2. The van der Waals surface area contributed by atoms with Gasteiger partial charge in [-0.25, -0.2) is 4.79 Å². The Bertz CT molecular complexity index is 472. The fourth-order valence-electron chi connectivity index (χ4n) is 2.38. The van der Waals surface area contributed by atoms with E-state index in [4.69, 9.17) is 5.11 Å². The highest BCUT2D eigenvalue weighted by Gasteiger charge is 2.23. The van der Waals surface area contributed by atoms with Crippen LogP contribution in [0.3, 0.4) is 0 Å². The van der Waals surface area contributed by atoms with Crippen LogP contribution >= 0.6 is 0 Å². The Morgan fingerprint density at radius 3 is 2.43 bits per heavy atom. The van der Waals surface area contributed by atoms with Crippen molar-refractivity contribution in [2.75, 3.05) is 6.54 Å². The van der Waals surface area contributed by atoms with Gasteiger partial charge < -0.3 is 15.7 Å². The van der Waals surface area contributed by atoms with E-state index in [0.717, 1.165) is 6.42 Å². The van der Waals surface area contributed by atoms with Crippen molar-refractivity contribution in [2.24, 2.45) is 0 Å². The van der Waals surface area contributed by atoms with Crippen molar-refractivity contribution in [3.05, 3.63) is 35.9 Å². The van der Waals surface area contributed by atoms with E-state index < -0.39 is 5.97 Å². The zero-order chi connectivity index (χ0) is 15.9. The van der Waals surface area contributed by atoms with Crippen molar-refractivity contribution in [1.29, 1.82) is 0 Å². The highest BCUT2D eigenvalue weighted by atomic mass is 16.4. The molecule has 0 saturated heterocycles. The normalized spacial score (nSPS) is 12.5. The molecule has 5 nitrogen and oxygen atoms in total. The lowest BCUT2D eigenvalue weighted by molar-refractivity contribution is -0.136. The molecule has 0 aliphatic rings. The first-order chi connectivity index (χ1) is 9.81. The number of hydrogen-bond donors (Lipinski definition) is 3. The summed E-state index contributed by atoms with van der Waals surface area (Å²) in [5.74, 6) is -0.923. The van der Waals surface area contributed by atoms with E-state index in [1.807, 2.05) is 25.1 Å². The van der Waals surface area contributed by atoms with Crippen LogP contribution in [0, 0.1) is 0 Å². The molecule has 0 bridgehead atoms. The van der Waals surface area contributed by atoms with Gasteiger partial charge in [-0.2, -0.15) is 0 Å². The van der Waals surface area contributed by atoms with Gasteiger partial charge in [-0.05, 0) is 24.3 Å². The Labute approximate surface area is 125 Å². The Morgan fingerprint density at radius 2 is 1.86 bits per heavy atom. The first kappa shape index (κ1) is 17.0. The molecule has 0 saturated carbocycles. The van der Waals surface area contributed by atoms with Crippen molar-refractivity contribution in [1.82, 2.24) is 10.6 Å². The SMILES string of the molecule is CC(CC(C)(C)c1ccccc1)NC(=O)NCCC(=O)O. The van der Waals surface area contributed by atoms with Crippen LogP contribution in [-0.2, 0) is 10.2 Å². The highest BCUT2D eigenvalue weighted by molar-refractivity contribution is 5.75. The minimum absolute atomic E-state index is 0.00923. The Kier molecular flexibility index (Phi) is 6.21. The van der Waals surface area contributed by atoms with Gasteiger partial charge in [-0.3, -0.25) is 4.79 Å². The summed E-state index contributed by atoms with van der Waals surface area (Å²) < 4.78 is 0. The molecular weight excluding hydrogens is 268 g/mol. The Morgan fingerprint density at radius 1 is 1.24 bits per heavy atom. The second kappa shape index (κ2) is 7.67. The number of carbonyl (C=O) groups excluding carboxylic acids is 1. The summed E-state index contributed by atoms with van der Waals surface area (Å²) in [6, 6.07) is 9.83. The number of amides is 2. The van der Waals surface area contributed by atoms with E-state index in [1.165, 1.54) is 5.56 Å². The molecule has 0 spiro atoms. The summed E-state index contributed by atoms with van der Waals surface area (Å²) in [5.41, 5.74) is 1.18. The molecular formula is C16H24N2O3. The molecule has 0 heterocycles. The summed E-state index contributed by atoms with van der Waals surface area (Å²) in [4.78, 5) is 22.0. The predicted octanol–water partition coefficient (Wildman–Crippen LogP) is 2.52. The van der Waals surface area contributed by atoms with E-state index in [2.05, 4.69) is 36.6 Å². The van der Waals surface area contributed by atoms with Crippen LogP contribution in [0.5, 0.6) is 0 Å². The van der Waals surface area contributed by atoms with Crippen LogP contribution in [0.25, 0.3) is 0 Å². The van der Waals surface area contributed by atoms with Crippen molar-refractivity contribution >= 4 is 12.0 Å². The standard InChI is InChI=1S/C16H24N2O3/c1-12(18-15(21)17-10-9-14(19)20)11-16(2,3)13-7-5-4-6-8-13/h4-8,12H,9-11H2,1-3H3,(H,19,20)(H2,17,18,21). The van der Waals surface area contributed by atoms with Crippen molar-refractivity contribution in [3.63, 3.8) is 0 Å². The van der Waals surface area contributed by atoms with Crippen molar-refractivity contribution in [3.8, 4) is 0 Å². The van der Waals surface area contributed by atoms with Gasteiger partial charge in [0.05, 0.1) is 6.42 Å². The van der Waals surface area contributed by atoms with Crippen molar-refractivity contribution < 1.29 is 14.7 Å². The first-order valence-electron chi connectivity index (χ1n) is 7.13. The highest BCUT2D eigenvalue weighted by Crippen LogP contribution is 2.27. The third kappa shape index (κ3) is 6.29. The topological polar surface area (TPSA) is 78.4 Å². The number of benzene rings is 1. The van der Waals surface area contributed by atoms with E-state index in [-0.39, 0.29) is 30.5 Å². The average molecular weight is 292 g/mol. The third-order valence-corrected chi connectivity index (χ3v) is 3.37. The minimum Gasteiger partial charge on any atom is -0.481 e. The summed E-state index contributed by atoms with van der Waals surface area (Å²) in [6.45, 7) is 6.36. The Balaban J connectivity index is 2.44. The smallest absolute Gasteiger partial charge is 0.315 e. The van der Waals surface area contributed by atoms with Gasteiger partial charge in [-0.1, -0.05) is 44.2 Å². The molecule has 0 fully saturated rings. The number of hydrogen-bond acceptors (Lipinski definition) is 2. The number of carboxylic acids is 1. The zero-order valence-electron chi connectivity index (χ0n) is 12.8. The molecule has 1 aromatic carbocycles. The molecule has 0 aliphatic heterocycles. The molecule has 5 heteroatoms. The van der Waals surface area contributed by atoms with Crippen LogP contribution in [0.15, 0.2) is 30.3 Å². The molecule has 0 aromatic heterocycles. The van der Waals surface area contributed by atoms with Crippen LogP contribution in [0.1, 0.15) is 39.2 Å². The van der Waals surface area contributed by atoms with E-state index in [0.29, 0.717) is 0 Å². The van der Waals surface area contributed by atoms with Gasteiger partial charge in [0.15, 0.2) is 0 Å². The molecule has 1 rings (SSSR count). The number of urea groups is 1. The van der Waals surface area contributed by atoms with Crippen LogP contribution in [-0.4, -0.2) is 29.7 Å². The second-order valence-electron chi connectivity index (χ2n) is 5.90. The number of rotatable bonds is 7. The fourth-order valence-corrected chi connectivity index (χ4v) is 2.38. The number of nitrogens with one attached hydrogen (secondary N) is 2. The largest absolute Gasteiger partial charge is 0.481 e. The summed E-state index contributed by atoms with van der Waals surface area (Å²) >= 11 is 0. The summed E-state index contributed by atoms with van der Waals surface area (Å²) in [6.07, 6.45) is 0.723. The maximum absolute atomic E-state index is 11.6. The van der Waals surface area contributed by atoms with E-state index in [9.17, 15) is 9.59 Å². The lowest BCUT2D eigenvalue weighted by Crippen LogP contribution is -2.43. The molecule has 1 atom stereocenters. The van der Waals surface area contributed by atoms with Gasteiger partial charge >= 0.3 is 12.0 Å². The monoisotopic (exact) mass is 292 g/mol. The van der Waals surface area contributed by atoms with Gasteiger partial charge in [0.1, 0.15) is 0 Å². The molecule has 0 radical (unpaired) electrons. The van der Waals surface area contributed by atoms with E-state index in [1.54, 1.807) is 0 Å². The molecule has 21 heavy (non-hydrogen) atoms. The van der Waals surface area contributed by atoms with Crippen LogP contribution in [0.4, 0.5) is 4.79 Å². The van der Waals surface area contributed by atoms with Gasteiger partial charge in [-0.15, -0.1) is 0 Å². The molecule has 1 aromatic rings. The maximum atomic E-state index is 11.6. The Hall–Kier alpha value is -2.04. The quantitative estimate of drug-likeness (QED) is 0.722. The molecule has 116 valence electrons. The lowest BCUT2D eigenvalue weighted by Gasteiger charge is -2.29. The number of aliphatic carboxylic acids is 1. The predicted molar refractivity (Wildman–Crippen MR) is 82.3 cm³/mol. The van der Waals surface area contributed by atoms with Gasteiger partial charge in [0.2, 0.25) is 0 Å². The van der Waals surface area contributed by atoms with Gasteiger partial charge in [0.25, 0.3) is 0 Å². The van der Waals surface area contributed by atoms with Crippen LogP contribution in [0.2, 0.25) is 0 Å². The minimum atomic E-state index is -0.923. The average Bonchev–Trinajstić information content (AvgIpc) is 2.38. The lowest BCUT2D eigenvalue weighted by atomic mass is 9.79. The van der Waals surface area contributed by atoms with Crippen LogP contribution < -0.4 is 10.6 Å².